The van der Waals surface area contributed by atoms with Gasteiger partial charge in [-0.25, -0.2) is 0 Å². The quantitative estimate of drug-likeness (QED) is 0.611. The lowest BCUT2D eigenvalue weighted by Gasteiger charge is -2.37. The van der Waals surface area contributed by atoms with Crippen molar-refractivity contribution in [3.8, 4) is 0 Å². The molecule has 0 aromatic heterocycles. The maximum atomic E-state index is 12.7. The number of piperidine rings is 1. The zero-order chi connectivity index (χ0) is 17.8. The third-order valence-electron chi connectivity index (χ3n) is 4.29. The van der Waals surface area contributed by atoms with Crippen molar-refractivity contribution in [2.24, 2.45) is 5.41 Å². The van der Waals surface area contributed by atoms with Gasteiger partial charge in [-0.3, -0.25) is 10.1 Å². The molecular weight excluding hydrogens is 327 g/mol. The van der Waals surface area contributed by atoms with Crippen molar-refractivity contribution in [2.75, 3.05) is 38.7 Å². The van der Waals surface area contributed by atoms with Gasteiger partial charge in [-0.1, -0.05) is 0 Å². The highest BCUT2D eigenvalue weighted by Crippen LogP contribution is 2.36. The monoisotopic (exact) mass is 347 g/mol. The minimum atomic E-state index is -4.62. The summed E-state index contributed by atoms with van der Waals surface area (Å²) in [6.45, 7) is 2.49. The van der Waals surface area contributed by atoms with E-state index in [-0.39, 0.29) is 11.1 Å². The Balaban J connectivity index is 2.20. The van der Waals surface area contributed by atoms with Crippen LogP contribution in [-0.4, -0.2) is 38.3 Å². The number of rotatable bonds is 6. The van der Waals surface area contributed by atoms with Crippen LogP contribution in [0.15, 0.2) is 18.2 Å². The van der Waals surface area contributed by atoms with Crippen molar-refractivity contribution in [1.29, 1.82) is 0 Å². The largest absolute Gasteiger partial charge is 0.416 e. The summed E-state index contributed by atoms with van der Waals surface area (Å²) in [4.78, 5) is 10.3. The molecule has 0 radical (unpaired) electrons. The number of anilines is 1. The number of benzene rings is 1. The first-order chi connectivity index (χ1) is 11.3. The summed E-state index contributed by atoms with van der Waals surface area (Å²) in [7, 11) is 1.59. The third-order valence-corrected chi connectivity index (χ3v) is 4.29. The molecule has 0 unspecified atom stereocenters. The number of methoxy groups -OCH3 is 1. The van der Waals surface area contributed by atoms with E-state index < -0.39 is 22.4 Å². The second-order valence-electron chi connectivity index (χ2n) is 6.02. The van der Waals surface area contributed by atoms with Crippen molar-refractivity contribution in [3.05, 3.63) is 33.9 Å². The van der Waals surface area contributed by atoms with Gasteiger partial charge in [0.1, 0.15) is 5.69 Å². The fourth-order valence-corrected chi connectivity index (χ4v) is 2.93. The molecule has 0 aliphatic carbocycles. The van der Waals surface area contributed by atoms with Gasteiger partial charge in [0.15, 0.2) is 0 Å². The van der Waals surface area contributed by atoms with Crippen LogP contribution in [0.3, 0.4) is 0 Å². The second kappa shape index (κ2) is 7.35. The molecule has 1 heterocycles. The van der Waals surface area contributed by atoms with Crippen LogP contribution in [0.2, 0.25) is 0 Å². The molecule has 0 amide bonds. The van der Waals surface area contributed by atoms with Gasteiger partial charge in [0.25, 0.3) is 5.69 Å². The highest BCUT2D eigenvalue weighted by molar-refractivity contribution is 5.63. The maximum absolute atomic E-state index is 12.7. The Hall–Kier alpha value is -1.87. The lowest BCUT2D eigenvalue weighted by atomic mass is 9.79. The number of nitrogens with zero attached hydrogens (tertiary/aromatic N) is 1. The molecule has 9 heteroatoms. The standard InChI is InChI=1S/C15H20F3N3O3/c1-24-10-14(4-6-19-7-5-14)9-20-12-3-2-11(15(16,17)18)8-13(12)21(22)23/h2-3,8,19-20H,4-7,9-10H2,1H3. The van der Waals surface area contributed by atoms with Gasteiger partial charge >= 0.3 is 6.18 Å². The van der Waals surface area contributed by atoms with Crippen LogP contribution in [0.5, 0.6) is 0 Å². The van der Waals surface area contributed by atoms with E-state index in [2.05, 4.69) is 10.6 Å². The van der Waals surface area contributed by atoms with Gasteiger partial charge < -0.3 is 15.4 Å². The predicted molar refractivity (Wildman–Crippen MR) is 83.0 cm³/mol. The van der Waals surface area contributed by atoms with Gasteiger partial charge in [0, 0.05) is 25.1 Å². The fraction of sp³-hybridized carbons (Fsp3) is 0.600. The van der Waals surface area contributed by atoms with Crippen LogP contribution in [0.25, 0.3) is 0 Å². The van der Waals surface area contributed by atoms with Crippen LogP contribution in [-0.2, 0) is 10.9 Å². The van der Waals surface area contributed by atoms with Crippen LogP contribution < -0.4 is 10.6 Å². The molecule has 1 aliphatic rings. The second-order valence-corrected chi connectivity index (χ2v) is 6.02. The average molecular weight is 347 g/mol. The Bertz CT molecular complexity index is 582. The molecule has 24 heavy (non-hydrogen) atoms. The van der Waals surface area contributed by atoms with Gasteiger partial charge in [-0.05, 0) is 38.1 Å². The first kappa shape index (κ1) is 18.5. The number of halogens is 3. The van der Waals surface area contributed by atoms with E-state index in [1.807, 2.05) is 0 Å². The summed E-state index contributed by atoms with van der Waals surface area (Å²) < 4.78 is 43.5. The van der Waals surface area contributed by atoms with Crippen LogP contribution in [0, 0.1) is 15.5 Å². The zero-order valence-corrected chi connectivity index (χ0v) is 13.3. The minimum Gasteiger partial charge on any atom is -0.384 e. The van der Waals surface area contributed by atoms with Gasteiger partial charge in [-0.2, -0.15) is 13.2 Å². The summed E-state index contributed by atoms with van der Waals surface area (Å²) in [5.74, 6) is 0. The van der Waals surface area contributed by atoms with E-state index >= 15 is 0 Å². The van der Waals surface area contributed by atoms with Crippen molar-refractivity contribution in [2.45, 2.75) is 19.0 Å². The molecule has 0 saturated carbocycles. The number of alkyl halides is 3. The van der Waals surface area contributed by atoms with Crippen LogP contribution in [0.1, 0.15) is 18.4 Å². The first-order valence-corrected chi connectivity index (χ1v) is 7.57. The number of nitrogens with one attached hydrogen (secondary N) is 2. The van der Waals surface area contributed by atoms with E-state index in [0.29, 0.717) is 19.2 Å². The molecule has 0 bridgehead atoms. The number of nitro groups is 1. The normalized spacial score (nSPS) is 17.5. The molecule has 2 N–H and O–H groups in total. The Morgan fingerprint density at radius 1 is 1.38 bits per heavy atom. The fourth-order valence-electron chi connectivity index (χ4n) is 2.93. The minimum absolute atomic E-state index is 0.0852. The molecule has 1 fully saturated rings. The molecule has 0 spiro atoms. The Labute approximate surface area is 137 Å². The topological polar surface area (TPSA) is 76.4 Å². The maximum Gasteiger partial charge on any atom is 0.416 e. The lowest BCUT2D eigenvalue weighted by Crippen LogP contribution is -2.44. The molecule has 1 saturated heterocycles. The highest BCUT2D eigenvalue weighted by Gasteiger charge is 2.35. The van der Waals surface area contributed by atoms with E-state index in [4.69, 9.17) is 4.74 Å². The molecule has 2 rings (SSSR count). The average Bonchev–Trinajstić information content (AvgIpc) is 2.53. The Morgan fingerprint density at radius 3 is 2.58 bits per heavy atom. The molecule has 134 valence electrons. The first-order valence-electron chi connectivity index (χ1n) is 7.57. The van der Waals surface area contributed by atoms with Gasteiger partial charge in [0.05, 0.1) is 17.1 Å². The summed E-state index contributed by atoms with van der Waals surface area (Å²) in [6, 6.07) is 2.52. The number of ether oxygens (including phenoxy) is 1. The predicted octanol–water partition coefficient (Wildman–Crippen LogP) is 3.04. The van der Waals surface area contributed by atoms with E-state index in [9.17, 15) is 23.3 Å². The van der Waals surface area contributed by atoms with Crippen molar-refractivity contribution < 1.29 is 22.8 Å². The Morgan fingerprint density at radius 2 is 2.04 bits per heavy atom. The summed E-state index contributed by atoms with van der Waals surface area (Å²) in [6.07, 6.45) is -2.97. The third kappa shape index (κ3) is 4.35. The summed E-state index contributed by atoms with van der Waals surface area (Å²) >= 11 is 0. The van der Waals surface area contributed by atoms with Crippen LogP contribution in [0.4, 0.5) is 24.5 Å². The Kier molecular flexibility index (Phi) is 5.66. The van der Waals surface area contributed by atoms with Gasteiger partial charge in [-0.15, -0.1) is 0 Å². The van der Waals surface area contributed by atoms with E-state index in [0.717, 1.165) is 38.1 Å². The van der Waals surface area contributed by atoms with Crippen LogP contribution >= 0.6 is 0 Å². The van der Waals surface area contributed by atoms with E-state index in [1.165, 1.54) is 0 Å². The molecule has 0 atom stereocenters. The number of nitro benzene ring substituents is 1. The molecular formula is C15H20F3N3O3. The SMILES string of the molecule is COCC1(CNc2ccc(C(F)(F)F)cc2[N+](=O)[O-])CCNCC1. The smallest absolute Gasteiger partial charge is 0.384 e. The molecule has 1 aromatic carbocycles. The summed E-state index contributed by atoms with van der Waals surface area (Å²) in [5.41, 5.74) is -1.72. The van der Waals surface area contributed by atoms with Crippen molar-refractivity contribution in [3.63, 3.8) is 0 Å². The molecule has 1 aliphatic heterocycles. The van der Waals surface area contributed by atoms with Crippen molar-refractivity contribution >= 4 is 11.4 Å². The van der Waals surface area contributed by atoms with Gasteiger partial charge in [0.2, 0.25) is 0 Å². The zero-order valence-electron chi connectivity index (χ0n) is 13.3. The highest BCUT2D eigenvalue weighted by atomic mass is 19.4. The summed E-state index contributed by atoms with van der Waals surface area (Å²) in [5, 5.41) is 17.3. The van der Waals surface area contributed by atoms with Crippen molar-refractivity contribution in [1.82, 2.24) is 5.32 Å². The lowest BCUT2D eigenvalue weighted by molar-refractivity contribution is -0.384. The van der Waals surface area contributed by atoms with E-state index in [1.54, 1.807) is 7.11 Å². The number of hydrogen-bond acceptors (Lipinski definition) is 5. The molecule has 1 aromatic rings. The molecule has 6 nitrogen and oxygen atoms in total. The number of hydrogen-bond donors (Lipinski definition) is 2.